The summed E-state index contributed by atoms with van der Waals surface area (Å²) in [5, 5.41) is 9.06. The van der Waals surface area contributed by atoms with Gasteiger partial charge in [0.05, 0.1) is 26.6 Å². The minimum atomic E-state index is -4.64. The average Bonchev–Trinajstić information content (AvgIpc) is 3.20. The van der Waals surface area contributed by atoms with Crippen LogP contribution in [0.25, 0.3) is 16.7 Å². The maximum Gasteiger partial charge on any atom is 0.421 e. The fourth-order valence-electron chi connectivity index (χ4n) is 4.06. The van der Waals surface area contributed by atoms with Crippen molar-refractivity contribution in [1.82, 2.24) is 13.9 Å². The lowest BCUT2D eigenvalue weighted by molar-refractivity contribution is -0.137. The highest BCUT2D eigenvalue weighted by Gasteiger charge is 2.34. The van der Waals surface area contributed by atoms with Crippen LogP contribution in [0.2, 0.25) is 10.0 Å². The number of hydrogen-bond donors (Lipinski definition) is 1. The molecule has 0 atom stereocenters. The van der Waals surface area contributed by atoms with E-state index in [0.29, 0.717) is 33.3 Å². The molecule has 13 heteroatoms. The third-order valence-corrected chi connectivity index (χ3v) is 8.41. The van der Waals surface area contributed by atoms with E-state index in [2.05, 4.69) is 4.98 Å². The van der Waals surface area contributed by atoms with Crippen molar-refractivity contribution >= 4 is 50.4 Å². The van der Waals surface area contributed by atoms with Crippen LogP contribution >= 0.6 is 23.2 Å². The van der Waals surface area contributed by atoms with Gasteiger partial charge >= 0.3 is 12.3 Å². The number of fused-ring (bicyclic) bond motifs is 1. The van der Waals surface area contributed by atoms with Gasteiger partial charge in [0.1, 0.15) is 10.7 Å². The molecule has 0 saturated heterocycles. The van der Waals surface area contributed by atoms with Gasteiger partial charge in [0.25, 0.3) is 10.0 Å². The molecule has 0 radical (unpaired) electrons. The number of imidazole rings is 1. The molecule has 0 aliphatic carbocycles. The third-order valence-electron chi connectivity index (χ3n) is 5.82. The highest BCUT2D eigenvalue weighted by Crippen LogP contribution is 2.38. The van der Waals surface area contributed by atoms with Crippen molar-refractivity contribution in [3.05, 3.63) is 87.7 Å². The molecular formula is C25H20Cl2F3N3O4S. The summed E-state index contributed by atoms with van der Waals surface area (Å²) in [4.78, 5) is 15.9. The molecule has 38 heavy (non-hydrogen) atoms. The fourth-order valence-corrected chi connectivity index (χ4v) is 6.10. The van der Waals surface area contributed by atoms with E-state index in [1.54, 1.807) is 35.8 Å². The molecule has 1 aromatic heterocycles. The highest BCUT2D eigenvalue weighted by atomic mass is 35.5. The van der Waals surface area contributed by atoms with E-state index in [-0.39, 0.29) is 21.9 Å². The number of carbonyl (C=O) groups is 1. The van der Waals surface area contributed by atoms with E-state index in [4.69, 9.17) is 23.2 Å². The molecule has 4 aromatic rings. The van der Waals surface area contributed by atoms with Crippen LogP contribution in [-0.4, -0.2) is 40.0 Å². The Morgan fingerprint density at radius 3 is 2.39 bits per heavy atom. The molecule has 7 nitrogen and oxygen atoms in total. The number of halogens is 5. The van der Waals surface area contributed by atoms with Crippen molar-refractivity contribution in [2.45, 2.75) is 30.8 Å². The third kappa shape index (κ3) is 5.31. The van der Waals surface area contributed by atoms with Crippen LogP contribution in [0.1, 0.15) is 23.9 Å². The second kappa shape index (κ2) is 10.5. The van der Waals surface area contributed by atoms with Crippen LogP contribution in [-0.2, 0) is 29.0 Å². The number of aryl methyl sites for hydroxylation is 1. The zero-order valence-corrected chi connectivity index (χ0v) is 22.0. The van der Waals surface area contributed by atoms with E-state index in [0.717, 1.165) is 6.07 Å². The summed E-state index contributed by atoms with van der Waals surface area (Å²) >= 11 is 12.0. The average molecular weight is 586 g/mol. The van der Waals surface area contributed by atoms with Crippen LogP contribution < -0.4 is 0 Å². The molecule has 1 N–H and O–H groups in total. The number of rotatable bonds is 7. The molecule has 0 bridgehead atoms. The first-order valence-electron chi connectivity index (χ1n) is 11.2. The van der Waals surface area contributed by atoms with Gasteiger partial charge in [0.2, 0.25) is 0 Å². The van der Waals surface area contributed by atoms with Crippen LogP contribution in [0, 0.1) is 0 Å². The van der Waals surface area contributed by atoms with Gasteiger partial charge in [-0.2, -0.15) is 13.2 Å². The number of aromatic nitrogens is 2. The van der Waals surface area contributed by atoms with Gasteiger partial charge < -0.3 is 5.11 Å². The maximum absolute atomic E-state index is 13.3. The largest absolute Gasteiger partial charge is 0.464 e. The Kier molecular flexibility index (Phi) is 7.64. The topological polar surface area (TPSA) is 92.5 Å². The van der Waals surface area contributed by atoms with E-state index < -0.39 is 39.4 Å². The first-order valence-corrected chi connectivity index (χ1v) is 13.4. The van der Waals surface area contributed by atoms with Crippen molar-refractivity contribution in [3.63, 3.8) is 0 Å². The van der Waals surface area contributed by atoms with Gasteiger partial charge in [0, 0.05) is 18.7 Å². The molecule has 1 heterocycles. The second-order valence-electron chi connectivity index (χ2n) is 8.25. The molecule has 0 unspecified atom stereocenters. The summed E-state index contributed by atoms with van der Waals surface area (Å²) in [6, 6.07) is 14.4. The smallest absolute Gasteiger partial charge is 0.421 e. The van der Waals surface area contributed by atoms with Crippen molar-refractivity contribution in [2.75, 3.05) is 6.54 Å². The first kappa shape index (κ1) is 27.7. The Hall–Kier alpha value is -3.28. The summed E-state index contributed by atoms with van der Waals surface area (Å²) in [7, 11) is -4.43. The molecular weight excluding hydrogens is 566 g/mol. The van der Waals surface area contributed by atoms with Gasteiger partial charge in [-0.25, -0.2) is 22.5 Å². The predicted octanol–water partition coefficient (Wildman–Crippen LogP) is 6.82. The number of sulfonamides is 1. The normalized spacial score (nSPS) is 12.2. The Morgan fingerprint density at radius 1 is 1.05 bits per heavy atom. The Labute approximate surface area is 226 Å². The summed E-state index contributed by atoms with van der Waals surface area (Å²) in [5.41, 5.74) is 0.636. The van der Waals surface area contributed by atoms with Crippen molar-refractivity contribution in [1.29, 1.82) is 0 Å². The lowest BCUT2D eigenvalue weighted by atomic mass is 10.1. The zero-order chi connectivity index (χ0) is 27.8. The number of amides is 1. The summed E-state index contributed by atoms with van der Waals surface area (Å²) < 4.78 is 68.0. The van der Waals surface area contributed by atoms with E-state index >= 15 is 0 Å². The molecule has 200 valence electrons. The molecule has 0 aliphatic rings. The van der Waals surface area contributed by atoms with Crippen molar-refractivity contribution in [2.24, 2.45) is 0 Å². The Morgan fingerprint density at radius 2 is 1.76 bits per heavy atom. The Bertz CT molecular complexity index is 1640. The predicted molar refractivity (Wildman–Crippen MR) is 138 cm³/mol. The van der Waals surface area contributed by atoms with Gasteiger partial charge in [-0.05, 0) is 48.4 Å². The van der Waals surface area contributed by atoms with Crippen LogP contribution in [0.5, 0.6) is 0 Å². The quantitative estimate of drug-likeness (QED) is 0.257. The molecule has 0 fully saturated rings. The summed E-state index contributed by atoms with van der Waals surface area (Å²) in [6.45, 7) is 1.41. The van der Waals surface area contributed by atoms with Crippen LogP contribution in [0.3, 0.4) is 0 Å². The molecule has 3 aromatic carbocycles. The second-order valence-corrected chi connectivity index (χ2v) is 10.9. The molecule has 1 amide bonds. The van der Waals surface area contributed by atoms with E-state index in [9.17, 15) is 31.5 Å². The zero-order valence-electron chi connectivity index (χ0n) is 19.7. The molecule has 0 spiro atoms. The lowest BCUT2D eigenvalue weighted by Crippen LogP contribution is -2.37. The van der Waals surface area contributed by atoms with Gasteiger partial charge in [-0.15, -0.1) is 0 Å². The van der Waals surface area contributed by atoms with Crippen LogP contribution in [0.4, 0.5) is 18.0 Å². The number of alkyl halides is 3. The molecule has 0 saturated carbocycles. The molecule has 4 rings (SSSR count). The number of nitrogens with zero attached hydrogens (tertiary/aromatic N) is 3. The Balaban J connectivity index is 1.69. The maximum atomic E-state index is 13.3. The van der Waals surface area contributed by atoms with Gasteiger partial charge in [-0.3, -0.25) is 4.57 Å². The van der Waals surface area contributed by atoms with Gasteiger partial charge in [-0.1, -0.05) is 54.4 Å². The van der Waals surface area contributed by atoms with Crippen molar-refractivity contribution < 1.29 is 31.5 Å². The number of carboxylic acid groups (broad SMARTS) is 1. The minimum absolute atomic E-state index is 0.0247. The minimum Gasteiger partial charge on any atom is -0.464 e. The monoisotopic (exact) mass is 585 g/mol. The number of benzene rings is 3. The highest BCUT2D eigenvalue weighted by molar-refractivity contribution is 7.89. The first-order chi connectivity index (χ1) is 17.8. The van der Waals surface area contributed by atoms with E-state index in [1.807, 2.05) is 0 Å². The standard InChI is InChI=1S/C25H20Cl2F3N3O4S/c1-2-23-31-20-13-17(25(28,29)30)19(27)14-21(20)33(23)16-7-5-6-15(12-16)10-11-32(24(34)35)38(36,37)22-9-4-3-8-18(22)26/h3-9,12-14H,2,10-11H2,1H3,(H,34,35). The SMILES string of the molecule is CCc1nc2cc(C(F)(F)F)c(Cl)cc2n1-c1cccc(CCN(C(=O)O)S(=O)(=O)c2ccccc2Cl)c1. The van der Waals surface area contributed by atoms with E-state index in [1.165, 1.54) is 30.3 Å². The number of hydrogen-bond acceptors (Lipinski definition) is 4. The van der Waals surface area contributed by atoms with Gasteiger partial charge in [0.15, 0.2) is 0 Å². The molecule has 0 aliphatic heterocycles. The fraction of sp³-hybridized carbons (Fsp3) is 0.200. The van der Waals surface area contributed by atoms with Crippen LogP contribution in [0.15, 0.2) is 65.6 Å². The summed E-state index contributed by atoms with van der Waals surface area (Å²) in [6.07, 6.45) is -5.87. The van der Waals surface area contributed by atoms with Crippen molar-refractivity contribution in [3.8, 4) is 5.69 Å². The summed E-state index contributed by atoms with van der Waals surface area (Å²) in [5.74, 6) is 0.487. The lowest BCUT2D eigenvalue weighted by Gasteiger charge is -2.20.